The fourth-order valence-electron chi connectivity index (χ4n) is 10.6. The first kappa shape index (κ1) is 25.9. The van der Waals surface area contributed by atoms with Crippen molar-refractivity contribution in [3.8, 4) is 0 Å². The Morgan fingerprint density at radius 3 is 1.26 bits per heavy atom. The summed E-state index contributed by atoms with van der Waals surface area (Å²) in [5.41, 5.74) is 27.4. The third-order valence-electron chi connectivity index (χ3n) is 12.4. The second-order valence-corrected chi connectivity index (χ2v) is 14.9. The van der Waals surface area contributed by atoms with Gasteiger partial charge < -0.3 is 9.80 Å². The van der Waals surface area contributed by atoms with Gasteiger partial charge in [-0.25, -0.2) is 0 Å². The van der Waals surface area contributed by atoms with Crippen LogP contribution in [0.1, 0.15) is 75.8 Å². The molecule has 5 aromatic carbocycles. The largest absolute Gasteiger partial charge is 0.311 e. The SMILES string of the molecule is Cc1cc2c3c(c1)N(c1c4c(cc5c1CCC5)CCC4)c1ccccc1B3c1ccccc1N2c1c2c(cc3c1CCC3)CCC2. The number of hydrogen-bond acceptors (Lipinski definition) is 2. The molecule has 2 heterocycles. The Bertz CT molecular complexity index is 1950. The molecular formula is C43H39BN2. The van der Waals surface area contributed by atoms with Crippen molar-refractivity contribution in [1.29, 1.82) is 0 Å². The number of fused-ring (bicyclic) bond motifs is 8. The predicted octanol–water partition coefficient (Wildman–Crippen LogP) is 8.03. The molecule has 0 atom stereocenters. The number of para-hydroxylation sites is 2. The first-order chi connectivity index (χ1) is 22.7. The van der Waals surface area contributed by atoms with Gasteiger partial charge in [-0.3, -0.25) is 0 Å². The Kier molecular flexibility index (Phi) is 5.30. The first-order valence-corrected chi connectivity index (χ1v) is 18.0. The summed E-state index contributed by atoms with van der Waals surface area (Å²) in [7, 11) is 0. The molecule has 0 unspecified atom stereocenters. The molecule has 0 amide bonds. The quantitative estimate of drug-likeness (QED) is 0.187. The fourth-order valence-corrected chi connectivity index (χ4v) is 10.6. The topological polar surface area (TPSA) is 6.48 Å². The summed E-state index contributed by atoms with van der Waals surface area (Å²) in [5.74, 6) is 0. The summed E-state index contributed by atoms with van der Waals surface area (Å²) >= 11 is 0. The summed E-state index contributed by atoms with van der Waals surface area (Å²) in [6.45, 7) is 2.56. The zero-order valence-electron chi connectivity index (χ0n) is 26.9. The van der Waals surface area contributed by atoms with Crippen LogP contribution in [0.2, 0.25) is 0 Å². The summed E-state index contributed by atoms with van der Waals surface area (Å²) < 4.78 is 0. The van der Waals surface area contributed by atoms with Crippen LogP contribution < -0.4 is 26.2 Å². The minimum Gasteiger partial charge on any atom is -0.311 e. The average Bonchev–Trinajstić information content (AvgIpc) is 3.90. The summed E-state index contributed by atoms with van der Waals surface area (Å²) in [5, 5.41) is 0. The van der Waals surface area contributed by atoms with Gasteiger partial charge in [-0.05, 0) is 175 Å². The molecule has 0 N–H and O–H groups in total. The van der Waals surface area contributed by atoms with Gasteiger partial charge in [-0.1, -0.05) is 48.5 Å². The molecule has 0 saturated carbocycles. The lowest BCUT2D eigenvalue weighted by Crippen LogP contribution is -2.61. The smallest absolute Gasteiger partial charge is 0.252 e. The molecule has 0 radical (unpaired) electrons. The van der Waals surface area contributed by atoms with Crippen molar-refractivity contribution < 1.29 is 0 Å². The van der Waals surface area contributed by atoms with Crippen LogP contribution in [0.5, 0.6) is 0 Å². The van der Waals surface area contributed by atoms with Crippen LogP contribution in [0.3, 0.4) is 0 Å². The molecule has 224 valence electrons. The van der Waals surface area contributed by atoms with Crippen molar-refractivity contribution in [3.63, 3.8) is 0 Å². The van der Waals surface area contributed by atoms with Gasteiger partial charge in [0.1, 0.15) is 0 Å². The molecule has 6 aliphatic rings. The van der Waals surface area contributed by atoms with Crippen molar-refractivity contribution in [2.24, 2.45) is 0 Å². The molecule has 0 saturated heterocycles. The molecule has 0 aromatic heterocycles. The minimum absolute atomic E-state index is 0.222. The zero-order valence-corrected chi connectivity index (χ0v) is 26.9. The Hall–Kier alpha value is -4.24. The van der Waals surface area contributed by atoms with E-state index in [1.807, 2.05) is 0 Å². The lowest BCUT2D eigenvalue weighted by atomic mass is 9.33. The van der Waals surface area contributed by atoms with E-state index in [9.17, 15) is 0 Å². The number of rotatable bonds is 2. The average molecular weight is 595 g/mol. The highest BCUT2D eigenvalue weighted by atomic mass is 15.2. The standard InChI is InChI=1S/C43H39BN2/c1-26-22-39-41-40(23-26)46(43-33-16-8-12-29(33)25-30-13-9-17-34(30)43)38-21-5-3-19-36(38)44(41)35-18-2-4-20-37(35)45(39)42-31-14-6-10-27(31)24-28-11-7-15-32(28)42/h2-5,18-25H,6-17H2,1H3. The number of anilines is 6. The number of benzene rings is 5. The first-order valence-electron chi connectivity index (χ1n) is 18.0. The van der Waals surface area contributed by atoms with Gasteiger partial charge in [0.2, 0.25) is 0 Å². The molecule has 2 aliphatic heterocycles. The van der Waals surface area contributed by atoms with Crippen LogP contribution >= 0.6 is 0 Å². The molecule has 4 aliphatic carbocycles. The maximum absolute atomic E-state index is 2.76. The van der Waals surface area contributed by atoms with Gasteiger partial charge in [0.05, 0.1) is 11.4 Å². The lowest BCUT2D eigenvalue weighted by Gasteiger charge is -2.45. The van der Waals surface area contributed by atoms with Gasteiger partial charge in [0.15, 0.2) is 0 Å². The fraction of sp³-hybridized carbons (Fsp3) is 0.302. The Balaban J connectivity index is 1.26. The third kappa shape index (κ3) is 3.34. The van der Waals surface area contributed by atoms with E-state index in [1.54, 1.807) is 44.5 Å². The minimum atomic E-state index is 0.222. The van der Waals surface area contributed by atoms with Crippen molar-refractivity contribution in [2.75, 3.05) is 9.80 Å². The lowest BCUT2D eigenvalue weighted by molar-refractivity contribution is 0.896. The Morgan fingerprint density at radius 2 is 0.848 bits per heavy atom. The van der Waals surface area contributed by atoms with Gasteiger partial charge in [-0.2, -0.15) is 0 Å². The molecule has 2 nitrogen and oxygen atoms in total. The van der Waals surface area contributed by atoms with E-state index in [0.717, 1.165) is 0 Å². The zero-order chi connectivity index (χ0) is 30.1. The van der Waals surface area contributed by atoms with Crippen molar-refractivity contribution in [3.05, 3.63) is 123 Å². The molecule has 11 rings (SSSR count). The monoisotopic (exact) mass is 594 g/mol. The molecule has 0 fully saturated rings. The predicted molar refractivity (Wildman–Crippen MR) is 193 cm³/mol. The second-order valence-electron chi connectivity index (χ2n) is 14.9. The normalized spacial score (nSPS) is 17.8. The molecule has 0 bridgehead atoms. The van der Waals surface area contributed by atoms with Crippen LogP contribution in [0.25, 0.3) is 0 Å². The number of hydrogen-bond donors (Lipinski definition) is 0. The van der Waals surface area contributed by atoms with E-state index in [-0.39, 0.29) is 6.71 Å². The van der Waals surface area contributed by atoms with Crippen LogP contribution in [0.4, 0.5) is 34.1 Å². The molecule has 3 heteroatoms. The van der Waals surface area contributed by atoms with Crippen molar-refractivity contribution in [1.82, 2.24) is 0 Å². The van der Waals surface area contributed by atoms with E-state index in [4.69, 9.17) is 0 Å². The van der Waals surface area contributed by atoms with Gasteiger partial charge in [0.25, 0.3) is 6.71 Å². The van der Waals surface area contributed by atoms with Crippen LogP contribution in [-0.2, 0) is 51.4 Å². The highest BCUT2D eigenvalue weighted by Crippen LogP contribution is 2.52. The van der Waals surface area contributed by atoms with Gasteiger partial charge >= 0.3 is 0 Å². The molecule has 46 heavy (non-hydrogen) atoms. The van der Waals surface area contributed by atoms with Gasteiger partial charge in [-0.15, -0.1) is 0 Å². The molecule has 5 aromatic rings. The number of nitrogens with zero attached hydrogens (tertiary/aromatic N) is 2. The maximum atomic E-state index is 2.76. The summed E-state index contributed by atoms with van der Waals surface area (Å²) in [4.78, 5) is 5.52. The van der Waals surface area contributed by atoms with E-state index in [2.05, 4.69) is 89.5 Å². The third-order valence-corrected chi connectivity index (χ3v) is 12.4. The maximum Gasteiger partial charge on any atom is 0.252 e. The van der Waals surface area contributed by atoms with Crippen LogP contribution in [0.15, 0.2) is 72.8 Å². The second kappa shape index (κ2) is 9.41. The summed E-state index contributed by atoms with van der Waals surface area (Å²) in [6, 6.07) is 29.1. The number of aryl methyl sites for hydroxylation is 5. The highest BCUT2D eigenvalue weighted by Gasteiger charge is 2.45. The van der Waals surface area contributed by atoms with E-state index in [1.165, 1.54) is 133 Å². The van der Waals surface area contributed by atoms with Gasteiger partial charge in [0, 0.05) is 22.7 Å². The Morgan fingerprint density at radius 1 is 0.457 bits per heavy atom. The summed E-state index contributed by atoms with van der Waals surface area (Å²) in [6.07, 6.45) is 14.8. The van der Waals surface area contributed by atoms with E-state index >= 15 is 0 Å². The van der Waals surface area contributed by atoms with Crippen molar-refractivity contribution >= 4 is 57.2 Å². The van der Waals surface area contributed by atoms with E-state index in [0.29, 0.717) is 0 Å². The van der Waals surface area contributed by atoms with Crippen molar-refractivity contribution in [2.45, 2.75) is 84.0 Å². The highest BCUT2D eigenvalue weighted by molar-refractivity contribution is 7.00. The van der Waals surface area contributed by atoms with Crippen LogP contribution in [0, 0.1) is 6.92 Å². The Labute approximate surface area is 273 Å². The van der Waals surface area contributed by atoms with Crippen LogP contribution in [-0.4, -0.2) is 6.71 Å². The molecular weight excluding hydrogens is 555 g/mol. The van der Waals surface area contributed by atoms with E-state index < -0.39 is 0 Å². The molecule has 0 spiro atoms.